The zero-order chi connectivity index (χ0) is 12.7. The Morgan fingerprint density at radius 1 is 1.29 bits per heavy atom. The Labute approximate surface area is 101 Å². The predicted octanol–water partition coefficient (Wildman–Crippen LogP) is 1.52. The summed E-state index contributed by atoms with van der Waals surface area (Å²) in [6.07, 6.45) is 4.99. The van der Waals surface area contributed by atoms with Crippen LogP contribution in [0.1, 0.15) is 31.2 Å². The third kappa shape index (κ3) is 2.30. The minimum atomic E-state index is -3.38. The monoisotopic (exact) mass is 255 g/mol. The summed E-state index contributed by atoms with van der Waals surface area (Å²) in [6, 6.07) is 4.63. The van der Waals surface area contributed by atoms with Crippen molar-refractivity contribution >= 4 is 9.84 Å². The van der Waals surface area contributed by atoms with Gasteiger partial charge in [0.2, 0.25) is 0 Å². The maximum absolute atomic E-state index is 11.4. The Morgan fingerprint density at radius 2 is 1.88 bits per heavy atom. The standard InChI is InChI=1S/C12H17NO3S/c1-17(15,16)11-5-4-9(8-10(11)14)12(13)6-2-3-7-12/h4-5,8,14H,2-3,6-7,13H2,1H3. The molecular weight excluding hydrogens is 238 g/mol. The number of benzene rings is 1. The molecule has 4 nitrogen and oxygen atoms in total. The molecule has 94 valence electrons. The van der Waals surface area contributed by atoms with Crippen molar-refractivity contribution in [1.82, 2.24) is 0 Å². The SMILES string of the molecule is CS(=O)(=O)c1ccc(C2(N)CCCC2)cc1O. The summed E-state index contributed by atoms with van der Waals surface area (Å²) in [7, 11) is -3.38. The summed E-state index contributed by atoms with van der Waals surface area (Å²) in [4.78, 5) is -0.0390. The molecule has 0 heterocycles. The Morgan fingerprint density at radius 3 is 2.35 bits per heavy atom. The van der Waals surface area contributed by atoms with Crippen LogP contribution in [0.4, 0.5) is 0 Å². The molecule has 0 spiro atoms. The van der Waals surface area contributed by atoms with E-state index in [0.29, 0.717) is 0 Å². The molecule has 0 bridgehead atoms. The van der Waals surface area contributed by atoms with Crippen LogP contribution < -0.4 is 5.73 Å². The molecule has 1 saturated carbocycles. The third-order valence-electron chi connectivity index (χ3n) is 3.43. The molecule has 0 unspecified atom stereocenters. The quantitative estimate of drug-likeness (QED) is 0.839. The van der Waals surface area contributed by atoms with Crippen molar-refractivity contribution in [2.24, 2.45) is 5.73 Å². The first-order chi connectivity index (χ1) is 7.83. The molecule has 0 saturated heterocycles. The van der Waals surface area contributed by atoms with E-state index < -0.39 is 15.4 Å². The molecule has 1 aliphatic rings. The number of phenolic OH excluding ortho intramolecular Hbond substituents is 1. The molecule has 0 atom stereocenters. The first-order valence-electron chi connectivity index (χ1n) is 5.65. The molecule has 2 rings (SSSR count). The highest BCUT2D eigenvalue weighted by Gasteiger charge is 2.32. The van der Waals surface area contributed by atoms with Crippen molar-refractivity contribution in [3.05, 3.63) is 23.8 Å². The normalized spacial score (nSPS) is 19.4. The van der Waals surface area contributed by atoms with Crippen molar-refractivity contribution in [1.29, 1.82) is 0 Å². The van der Waals surface area contributed by atoms with Crippen molar-refractivity contribution in [3.63, 3.8) is 0 Å². The lowest BCUT2D eigenvalue weighted by molar-refractivity contribution is 0.438. The minimum absolute atomic E-state index is 0.0390. The van der Waals surface area contributed by atoms with Gasteiger partial charge in [0.25, 0.3) is 0 Å². The largest absolute Gasteiger partial charge is 0.507 e. The minimum Gasteiger partial charge on any atom is -0.507 e. The maximum atomic E-state index is 11.4. The van der Waals surface area contributed by atoms with Gasteiger partial charge in [0.15, 0.2) is 9.84 Å². The second-order valence-electron chi connectivity index (χ2n) is 4.82. The lowest BCUT2D eigenvalue weighted by Gasteiger charge is -2.24. The van der Waals surface area contributed by atoms with Gasteiger partial charge in [-0.3, -0.25) is 0 Å². The van der Waals surface area contributed by atoms with Crippen LogP contribution in [0.25, 0.3) is 0 Å². The van der Waals surface area contributed by atoms with Crippen molar-refractivity contribution in [3.8, 4) is 5.75 Å². The first-order valence-corrected chi connectivity index (χ1v) is 7.54. The van der Waals surface area contributed by atoms with Crippen molar-refractivity contribution < 1.29 is 13.5 Å². The van der Waals surface area contributed by atoms with Crippen LogP contribution >= 0.6 is 0 Å². The van der Waals surface area contributed by atoms with Gasteiger partial charge in [0.05, 0.1) is 0 Å². The van der Waals surface area contributed by atoms with E-state index in [9.17, 15) is 13.5 Å². The van der Waals surface area contributed by atoms with Crippen LogP contribution in [0.2, 0.25) is 0 Å². The van der Waals surface area contributed by atoms with Gasteiger partial charge in [-0.25, -0.2) is 8.42 Å². The fourth-order valence-corrected chi connectivity index (χ4v) is 3.19. The van der Waals surface area contributed by atoms with E-state index in [1.807, 2.05) is 0 Å². The average molecular weight is 255 g/mol. The smallest absolute Gasteiger partial charge is 0.179 e. The van der Waals surface area contributed by atoms with Gasteiger partial charge in [-0.1, -0.05) is 18.9 Å². The number of nitrogens with two attached hydrogens (primary N) is 1. The molecule has 0 aliphatic heterocycles. The number of sulfone groups is 1. The third-order valence-corrected chi connectivity index (χ3v) is 4.57. The Kier molecular flexibility index (Phi) is 2.91. The highest BCUT2D eigenvalue weighted by atomic mass is 32.2. The second kappa shape index (κ2) is 3.99. The Bertz CT molecular complexity index is 531. The lowest BCUT2D eigenvalue weighted by Crippen LogP contribution is -2.33. The summed E-state index contributed by atoms with van der Waals surface area (Å²) in [6.45, 7) is 0. The van der Waals surface area contributed by atoms with Gasteiger partial charge >= 0.3 is 0 Å². The Hall–Kier alpha value is -1.07. The molecule has 1 aromatic carbocycles. The highest BCUT2D eigenvalue weighted by molar-refractivity contribution is 7.90. The van der Waals surface area contributed by atoms with Crippen LogP contribution in [0.3, 0.4) is 0 Å². The van der Waals surface area contributed by atoms with Crippen molar-refractivity contribution in [2.75, 3.05) is 6.26 Å². The van der Waals surface area contributed by atoms with Crippen LogP contribution in [0.15, 0.2) is 23.1 Å². The molecule has 1 fully saturated rings. The summed E-state index contributed by atoms with van der Waals surface area (Å²) < 4.78 is 22.7. The number of rotatable bonds is 2. The first kappa shape index (κ1) is 12.4. The van der Waals surface area contributed by atoms with Gasteiger partial charge in [-0.2, -0.15) is 0 Å². The van der Waals surface area contributed by atoms with E-state index >= 15 is 0 Å². The van der Waals surface area contributed by atoms with E-state index in [4.69, 9.17) is 5.73 Å². The van der Waals surface area contributed by atoms with E-state index in [2.05, 4.69) is 0 Å². The van der Waals surface area contributed by atoms with Crippen LogP contribution in [0, 0.1) is 0 Å². The Balaban J connectivity index is 2.44. The summed E-state index contributed by atoms with van der Waals surface area (Å²) in [5.41, 5.74) is 6.66. The van der Waals surface area contributed by atoms with Crippen LogP contribution in [0.5, 0.6) is 5.75 Å². The topological polar surface area (TPSA) is 80.4 Å². The molecule has 0 amide bonds. The lowest BCUT2D eigenvalue weighted by atomic mass is 9.89. The van der Waals surface area contributed by atoms with Crippen LogP contribution in [-0.4, -0.2) is 19.8 Å². The van der Waals surface area contributed by atoms with Gasteiger partial charge in [-0.05, 0) is 30.5 Å². The fraction of sp³-hybridized carbons (Fsp3) is 0.500. The van der Waals surface area contributed by atoms with Gasteiger partial charge in [0.1, 0.15) is 10.6 Å². The summed E-state index contributed by atoms with van der Waals surface area (Å²) in [5.74, 6) is -0.207. The number of phenols is 1. The van der Waals surface area contributed by atoms with E-state index in [-0.39, 0.29) is 10.6 Å². The maximum Gasteiger partial charge on any atom is 0.179 e. The van der Waals surface area contributed by atoms with Gasteiger partial charge < -0.3 is 10.8 Å². The number of hydrogen-bond donors (Lipinski definition) is 2. The predicted molar refractivity (Wildman–Crippen MR) is 65.6 cm³/mol. The number of aromatic hydroxyl groups is 1. The molecule has 3 N–H and O–H groups in total. The molecular formula is C12H17NO3S. The summed E-state index contributed by atoms with van der Waals surface area (Å²) in [5, 5.41) is 9.77. The van der Waals surface area contributed by atoms with Crippen molar-refractivity contribution in [2.45, 2.75) is 36.1 Å². The number of hydrogen-bond acceptors (Lipinski definition) is 4. The van der Waals surface area contributed by atoms with Crippen LogP contribution in [-0.2, 0) is 15.4 Å². The molecule has 1 aliphatic carbocycles. The highest BCUT2D eigenvalue weighted by Crippen LogP contribution is 2.38. The molecule has 5 heteroatoms. The molecule has 0 radical (unpaired) electrons. The molecule has 17 heavy (non-hydrogen) atoms. The summed E-state index contributed by atoms with van der Waals surface area (Å²) >= 11 is 0. The van der Waals surface area contributed by atoms with E-state index in [0.717, 1.165) is 37.5 Å². The molecule has 0 aromatic heterocycles. The molecule has 1 aromatic rings. The zero-order valence-electron chi connectivity index (χ0n) is 9.81. The fourth-order valence-electron chi connectivity index (χ4n) is 2.44. The second-order valence-corrected chi connectivity index (χ2v) is 6.80. The zero-order valence-corrected chi connectivity index (χ0v) is 10.6. The van der Waals surface area contributed by atoms with E-state index in [1.165, 1.54) is 12.1 Å². The van der Waals surface area contributed by atoms with Gasteiger partial charge in [0, 0.05) is 11.8 Å². The van der Waals surface area contributed by atoms with Gasteiger partial charge in [-0.15, -0.1) is 0 Å². The average Bonchev–Trinajstić information content (AvgIpc) is 2.64. The van der Waals surface area contributed by atoms with E-state index in [1.54, 1.807) is 6.07 Å².